The van der Waals surface area contributed by atoms with Crippen LogP contribution in [0.25, 0.3) is 0 Å². The molecule has 0 unspecified atom stereocenters. The fourth-order valence-electron chi connectivity index (χ4n) is 0.625. The summed E-state index contributed by atoms with van der Waals surface area (Å²) in [4.78, 5) is 20.7. The summed E-state index contributed by atoms with van der Waals surface area (Å²) in [6, 6.07) is 1.08. The predicted molar refractivity (Wildman–Crippen MR) is 37.6 cm³/mol. The first kappa shape index (κ1) is 8.20. The molecule has 1 aromatic rings. The van der Waals surface area contributed by atoms with Crippen molar-refractivity contribution in [3.05, 3.63) is 18.5 Å². The van der Waals surface area contributed by atoms with Crippen molar-refractivity contribution in [3.63, 3.8) is 0 Å². The average molecular weight is 175 g/mol. The first-order chi connectivity index (χ1) is 5.02. The smallest absolute Gasteiger partial charge is 0.360 e. The molecule has 0 aliphatic rings. The second-order valence-electron chi connectivity index (χ2n) is 1.91. The molecule has 0 fully saturated rings. The summed E-state index contributed by atoms with van der Waals surface area (Å²) in [6.07, 6.45) is 2.18. The third kappa shape index (κ3) is 1.77. The molecule has 6 heteroatoms. The van der Waals surface area contributed by atoms with E-state index in [9.17, 15) is 4.57 Å². The quantitative estimate of drug-likeness (QED) is 0.504. The van der Waals surface area contributed by atoms with Crippen LogP contribution in [0.4, 0.5) is 0 Å². The minimum absolute atomic E-state index is 0.396. The molecule has 60 valence electrons. The average Bonchev–Trinajstić information content (AvgIpc) is 1.86. The van der Waals surface area contributed by atoms with E-state index in [2.05, 4.69) is 4.98 Å². The van der Waals surface area contributed by atoms with Crippen LogP contribution < -0.4 is 5.30 Å². The van der Waals surface area contributed by atoms with Gasteiger partial charge in [-0.05, 0) is 6.07 Å². The molecule has 0 bridgehead atoms. The van der Waals surface area contributed by atoms with Gasteiger partial charge in [-0.1, -0.05) is 0 Å². The summed E-state index contributed by atoms with van der Waals surface area (Å²) in [5.74, 6) is -0.485. The highest BCUT2D eigenvalue weighted by Crippen LogP contribution is 2.36. The number of aromatic nitrogens is 1. The maximum atomic E-state index is 10.6. The van der Waals surface area contributed by atoms with Gasteiger partial charge in [-0.2, -0.15) is 0 Å². The Kier molecular flexibility index (Phi) is 1.95. The molecule has 0 saturated heterocycles. The highest BCUT2D eigenvalue weighted by molar-refractivity contribution is 7.60. The fraction of sp³-hybridized carbons (Fsp3) is 0. The van der Waals surface area contributed by atoms with Crippen molar-refractivity contribution in [2.75, 3.05) is 0 Å². The Morgan fingerprint density at radius 1 is 1.45 bits per heavy atom. The van der Waals surface area contributed by atoms with Crippen molar-refractivity contribution in [2.45, 2.75) is 0 Å². The van der Waals surface area contributed by atoms with Crippen LogP contribution in [0, 0.1) is 0 Å². The summed E-state index contributed by atoms with van der Waals surface area (Å²) in [5.41, 5.74) is 0. The zero-order valence-electron chi connectivity index (χ0n) is 5.38. The van der Waals surface area contributed by atoms with E-state index in [1.54, 1.807) is 0 Å². The zero-order valence-corrected chi connectivity index (χ0v) is 6.27. The van der Waals surface area contributed by atoms with E-state index >= 15 is 0 Å². The summed E-state index contributed by atoms with van der Waals surface area (Å²) < 4.78 is 10.6. The van der Waals surface area contributed by atoms with Crippen LogP contribution >= 0.6 is 7.60 Å². The predicted octanol–water partition coefficient (Wildman–Crippen LogP) is -0.410. The van der Waals surface area contributed by atoms with Crippen LogP contribution in [0.15, 0.2) is 18.5 Å². The summed E-state index contributed by atoms with van der Waals surface area (Å²) in [6.45, 7) is 0. The van der Waals surface area contributed by atoms with E-state index in [0.717, 1.165) is 12.3 Å². The van der Waals surface area contributed by atoms with Crippen LogP contribution in [0.1, 0.15) is 0 Å². The van der Waals surface area contributed by atoms with Gasteiger partial charge >= 0.3 is 7.60 Å². The van der Waals surface area contributed by atoms with Gasteiger partial charge in [0, 0.05) is 6.20 Å². The van der Waals surface area contributed by atoms with Gasteiger partial charge in [-0.3, -0.25) is 9.55 Å². The van der Waals surface area contributed by atoms with Gasteiger partial charge in [0.2, 0.25) is 0 Å². The van der Waals surface area contributed by atoms with Crippen LogP contribution in [0.2, 0.25) is 0 Å². The zero-order chi connectivity index (χ0) is 8.48. The Morgan fingerprint density at radius 2 is 2.09 bits per heavy atom. The van der Waals surface area contributed by atoms with Gasteiger partial charge in [0.1, 0.15) is 11.1 Å². The Labute approximate surface area is 62.5 Å². The van der Waals surface area contributed by atoms with Crippen molar-refractivity contribution in [2.24, 2.45) is 0 Å². The van der Waals surface area contributed by atoms with E-state index in [1.165, 1.54) is 6.20 Å². The number of rotatable bonds is 1. The third-order valence-electron chi connectivity index (χ3n) is 1.09. The standard InChI is InChI=1S/C5H6NO4P/c7-4-3-6-2-1-5(4)11(8,9)10/h1-3,7H,(H2,8,9,10). The van der Waals surface area contributed by atoms with E-state index in [-0.39, 0.29) is 0 Å². The monoisotopic (exact) mass is 175 g/mol. The Hall–Kier alpha value is -0.900. The number of aromatic hydroxyl groups is 1. The summed E-state index contributed by atoms with van der Waals surface area (Å²) >= 11 is 0. The summed E-state index contributed by atoms with van der Waals surface area (Å²) in [5, 5.41) is 8.50. The highest BCUT2D eigenvalue weighted by Gasteiger charge is 2.20. The molecule has 11 heavy (non-hydrogen) atoms. The van der Waals surface area contributed by atoms with Crippen LogP contribution in [-0.4, -0.2) is 19.9 Å². The molecule has 1 heterocycles. The number of pyridine rings is 1. The van der Waals surface area contributed by atoms with Crippen molar-refractivity contribution in [3.8, 4) is 5.75 Å². The van der Waals surface area contributed by atoms with E-state index < -0.39 is 18.6 Å². The first-order valence-electron chi connectivity index (χ1n) is 2.71. The lowest BCUT2D eigenvalue weighted by atomic mass is 10.5. The second kappa shape index (κ2) is 2.62. The molecule has 0 aliphatic carbocycles. The Balaban J connectivity index is 3.25. The fourth-order valence-corrected chi connectivity index (χ4v) is 1.24. The number of hydrogen-bond donors (Lipinski definition) is 3. The molecule has 0 spiro atoms. The molecule has 3 N–H and O–H groups in total. The van der Waals surface area contributed by atoms with Crippen molar-refractivity contribution >= 4 is 12.9 Å². The third-order valence-corrected chi connectivity index (χ3v) is 2.10. The second-order valence-corrected chi connectivity index (χ2v) is 3.48. The normalized spacial score (nSPS) is 11.5. The van der Waals surface area contributed by atoms with Gasteiger partial charge in [-0.15, -0.1) is 0 Å². The minimum atomic E-state index is -4.35. The highest BCUT2D eigenvalue weighted by atomic mass is 31.2. The van der Waals surface area contributed by atoms with Gasteiger partial charge in [0.25, 0.3) is 0 Å². The lowest BCUT2D eigenvalue weighted by Gasteiger charge is -2.03. The number of hydrogen-bond acceptors (Lipinski definition) is 3. The molecule has 0 radical (unpaired) electrons. The van der Waals surface area contributed by atoms with Crippen molar-refractivity contribution in [1.82, 2.24) is 4.98 Å². The molecule has 0 amide bonds. The van der Waals surface area contributed by atoms with E-state index in [1.807, 2.05) is 0 Å². The Morgan fingerprint density at radius 3 is 2.45 bits per heavy atom. The van der Waals surface area contributed by atoms with E-state index in [4.69, 9.17) is 14.9 Å². The molecule has 0 aliphatic heterocycles. The maximum absolute atomic E-state index is 10.6. The van der Waals surface area contributed by atoms with Gasteiger partial charge < -0.3 is 14.9 Å². The van der Waals surface area contributed by atoms with Gasteiger partial charge in [-0.25, -0.2) is 0 Å². The summed E-state index contributed by atoms with van der Waals surface area (Å²) in [7, 11) is -4.35. The Bertz CT molecular complexity index is 307. The SMILES string of the molecule is O=P(O)(O)c1ccncc1O. The van der Waals surface area contributed by atoms with Gasteiger partial charge in [0.05, 0.1) is 6.20 Å². The minimum Gasteiger partial charge on any atom is -0.505 e. The first-order valence-corrected chi connectivity index (χ1v) is 4.32. The molecular weight excluding hydrogens is 169 g/mol. The van der Waals surface area contributed by atoms with Crippen LogP contribution in [0.3, 0.4) is 0 Å². The molecular formula is C5H6NO4P. The lowest BCUT2D eigenvalue weighted by molar-refractivity contribution is 0.384. The van der Waals surface area contributed by atoms with Crippen molar-refractivity contribution in [1.29, 1.82) is 0 Å². The molecule has 1 rings (SSSR count). The molecule has 0 atom stereocenters. The largest absolute Gasteiger partial charge is 0.505 e. The van der Waals surface area contributed by atoms with Crippen LogP contribution in [0.5, 0.6) is 5.75 Å². The molecule has 1 aromatic heterocycles. The van der Waals surface area contributed by atoms with Crippen LogP contribution in [-0.2, 0) is 4.57 Å². The number of nitrogens with zero attached hydrogens (tertiary/aromatic N) is 1. The molecule has 0 aromatic carbocycles. The topological polar surface area (TPSA) is 90.7 Å². The lowest BCUT2D eigenvalue weighted by Crippen LogP contribution is -2.03. The molecule has 0 saturated carbocycles. The van der Waals surface area contributed by atoms with E-state index in [0.29, 0.717) is 0 Å². The van der Waals surface area contributed by atoms with Crippen molar-refractivity contribution < 1.29 is 19.5 Å². The molecule has 5 nitrogen and oxygen atoms in total. The van der Waals surface area contributed by atoms with Gasteiger partial charge in [0.15, 0.2) is 0 Å². The maximum Gasteiger partial charge on any atom is 0.360 e.